The molecule has 1 fully saturated rings. The SMILES string of the molecule is Cn1nc(C2CC2)c2cc(CC(=O)OC(C)(C)C)ccc21. The molecule has 0 unspecified atom stereocenters. The summed E-state index contributed by atoms with van der Waals surface area (Å²) in [5.41, 5.74) is 2.87. The van der Waals surface area contributed by atoms with Gasteiger partial charge in [-0.1, -0.05) is 6.07 Å². The molecule has 1 aliphatic rings. The van der Waals surface area contributed by atoms with Crippen LogP contribution in [0.5, 0.6) is 0 Å². The van der Waals surface area contributed by atoms with E-state index in [1.54, 1.807) is 0 Å². The molecule has 4 nitrogen and oxygen atoms in total. The van der Waals surface area contributed by atoms with E-state index in [0.717, 1.165) is 11.1 Å². The number of ether oxygens (including phenoxy) is 1. The lowest BCUT2D eigenvalue weighted by molar-refractivity contribution is -0.153. The Morgan fingerprint density at radius 3 is 2.71 bits per heavy atom. The Bertz CT molecular complexity index is 691. The summed E-state index contributed by atoms with van der Waals surface area (Å²) in [6.45, 7) is 5.67. The van der Waals surface area contributed by atoms with E-state index in [2.05, 4.69) is 11.2 Å². The van der Waals surface area contributed by atoms with Crippen molar-refractivity contribution < 1.29 is 9.53 Å². The lowest BCUT2D eigenvalue weighted by atomic mass is 10.1. The molecule has 21 heavy (non-hydrogen) atoms. The summed E-state index contributed by atoms with van der Waals surface area (Å²) in [4.78, 5) is 12.0. The fraction of sp³-hybridized carbons (Fsp3) is 0.529. The number of hydrogen-bond acceptors (Lipinski definition) is 3. The standard InChI is InChI=1S/C17H22N2O2/c1-17(2,3)21-15(20)10-11-5-8-14-13(9-11)16(12-6-7-12)18-19(14)4/h5,8-9,12H,6-7,10H2,1-4H3. The molecule has 4 heteroatoms. The monoisotopic (exact) mass is 286 g/mol. The number of fused-ring (bicyclic) bond motifs is 1. The van der Waals surface area contributed by atoms with Crippen molar-refractivity contribution in [3.8, 4) is 0 Å². The fourth-order valence-electron chi connectivity index (χ4n) is 2.65. The molecule has 1 aromatic heterocycles. The van der Waals surface area contributed by atoms with Gasteiger partial charge in [-0.05, 0) is 51.3 Å². The Balaban J connectivity index is 1.87. The zero-order chi connectivity index (χ0) is 15.2. The van der Waals surface area contributed by atoms with Gasteiger partial charge in [-0.15, -0.1) is 0 Å². The Kier molecular flexibility index (Phi) is 3.27. The molecule has 1 aromatic carbocycles. The van der Waals surface area contributed by atoms with Gasteiger partial charge in [0.15, 0.2) is 0 Å². The summed E-state index contributed by atoms with van der Waals surface area (Å²) in [6.07, 6.45) is 2.76. The Morgan fingerprint density at radius 2 is 2.10 bits per heavy atom. The smallest absolute Gasteiger partial charge is 0.310 e. The van der Waals surface area contributed by atoms with E-state index in [0.29, 0.717) is 12.3 Å². The topological polar surface area (TPSA) is 44.1 Å². The lowest BCUT2D eigenvalue weighted by Gasteiger charge is -2.19. The van der Waals surface area contributed by atoms with Crippen LogP contribution in [0.2, 0.25) is 0 Å². The second-order valence-corrected chi connectivity index (χ2v) is 6.90. The van der Waals surface area contributed by atoms with Crippen LogP contribution in [-0.2, 0) is 23.0 Å². The summed E-state index contributed by atoms with van der Waals surface area (Å²) in [5, 5.41) is 5.81. The normalized spacial score (nSPS) is 15.4. The summed E-state index contributed by atoms with van der Waals surface area (Å²) in [5.74, 6) is 0.421. The van der Waals surface area contributed by atoms with Crippen molar-refractivity contribution in [2.75, 3.05) is 0 Å². The van der Waals surface area contributed by atoms with Crippen molar-refractivity contribution in [2.24, 2.45) is 7.05 Å². The minimum absolute atomic E-state index is 0.182. The maximum absolute atomic E-state index is 12.0. The number of esters is 1. The zero-order valence-corrected chi connectivity index (χ0v) is 13.1. The molecule has 0 radical (unpaired) electrons. The summed E-state index contributed by atoms with van der Waals surface area (Å²) >= 11 is 0. The molecule has 112 valence electrons. The van der Waals surface area contributed by atoms with Crippen LogP contribution in [0.4, 0.5) is 0 Å². The number of nitrogens with zero attached hydrogens (tertiary/aromatic N) is 2. The lowest BCUT2D eigenvalue weighted by Crippen LogP contribution is -2.24. The summed E-state index contributed by atoms with van der Waals surface area (Å²) in [7, 11) is 1.97. The van der Waals surface area contributed by atoms with Crippen molar-refractivity contribution in [1.29, 1.82) is 0 Å². The minimum atomic E-state index is -0.436. The largest absolute Gasteiger partial charge is 0.460 e. The van der Waals surface area contributed by atoms with Crippen LogP contribution in [0.15, 0.2) is 18.2 Å². The van der Waals surface area contributed by atoms with Gasteiger partial charge in [-0.2, -0.15) is 5.10 Å². The second-order valence-electron chi connectivity index (χ2n) is 6.90. The number of aryl methyl sites for hydroxylation is 1. The van der Waals surface area contributed by atoms with E-state index in [9.17, 15) is 4.79 Å². The first-order valence-electron chi connectivity index (χ1n) is 7.51. The van der Waals surface area contributed by atoms with Gasteiger partial charge < -0.3 is 4.74 Å². The first kappa shape index (κ1) is 14.1. The van der Waals surface area contributed by atoms with Gasteiger partial charge in [0, 0.05) is 18.4 Å². The molecular weight excluding hydrogens is 264 g/mol. The maximum atomic E-state index is 12.0. The number of carbonyl (C=O) groups is 1. The highest BCUT2D eigenvalue weighted by Gasteiger charge is 2.28. The van der Waals surface area contributed by atoms with Crippen LogP contribution in [0, 0.1) is 0 Å². The number of benzene rings is 1. The van der Waals surface area contributed by atoms with Crippen molar-refractivity contribution in [3.05, 3.63) is 29.5 Å². The van der Waals surface area contributed by atoms with Crippen molar-refractivity contribution in [1.82, 2.24) is 9.78 Å². The molecule has 1 saturated carbocycles. The third-order valence-corrected chi connectivity index (χ3v) is 3.68. The quantitative estimate of drug-likeness (QED) is 0.813. The molecule has 3 rings (SSSR count). The average molecular weight is 286 g/mol. The van der Waals surface area contributed by atoms with Crippen LogP contribution in [0.3, 0.4) is 0 Å². The molecular formula is C17H22N2O2. The van der Waals surface area contributed by atoms with E-state index in [1.807, 2.05) is 44.6 Å². The predicted molar refractivity (Wildman–Crippen MR) is 82.2 cm³/mol. The molecule has 0 N–H and O–H groups in total. The number of aromatic nitrogens is 2. The van der Waals surface area contributed by atoms with Gasteiger partial charge in [0.05, 0.1) is 17.6 Å². The number of rotatable bonds is 3. The average Bonchev–Trinajstić information content (AvgIpc) is 3.13. The highest BCUT2D eigenvalue weighted by Crippen LogP contribution is 2.42. The first-order valence-corrected chi connectivity index (χ1v) is 7.51. The molecule has 0 saturated heterocycles. The second kappa shape index (κ2) is 4.86. The molecule has 0 atom stereocenters. The minimum Gasteiger partial charge on any atom is -0.460 e. The zero-order valence-electron chi connectivity index (χ0n) is 13.1. The highest BCUT2D eigenvalue weighted by atomic mass is 16.6. The van der Waals surface area contributed by atoms with Crippen molar-refractivity contribution in [2.45, 2.75) is 51.6 Å². The molecule has 2 aromatic rings. The van der Waals surface area contributed by atoms with E-state index in [4.69, 9.17) is 4.74 Å². The third kappa shape index (κ3) is 3.09. The van der Waals surface area contributed by atoms with E-state index >= 15 is 0 Å². The number of hydrogen-bond donors (Lipinski definition) is 0. The van der Waals surface area contributed by atoms with Crippen molar-refractivity contribution in [3.63, 3.8) is 0 Å². The molecule has 1 aliphatic carbocycles. The van der Waals surface area contributed by atoms with E-state index < -0.39 is 5.60 Å². The van der Waals surface area contributed by atoms with Gasteiger partial charge in [0.1, 0.15) is 5.60 Å². The van der Waals surface area contributed by atoms with Crippen LogP contribution < -0.4 is 0 Å². The fourth-order valence-corrected chi connectivity index (χ4v) is 2.65. The first-order chi connectivity index (χ1) is 9.83. The van der Waals surface area contributed by atoms with E-state index in [-0.39, 0.29) is 5.97 Å². The Hall–Kier alpha value is -1.84. The predicted octanol–water partition coefficient (Wildman–Crippen LogP) is 3.33. The van der Waals surface area contributed by atoms with Gasteiger partial charge in [-0.25, -0.2) is 0 Å². The van der Waals surface area contributed by atoms with E-state index in [1.165, 1.54) is 23.9 Å². The van der Waals surface area contributed by atoms with Gasteiger partial charge in [0.2, 0.25) is 0 Å². The van der Waals surface area contributed by atoms with Crippen LogP contribution in [-0.4, -0.2) is 21.4 Å². The van der Waals surface area contributed by atoms with Gasteiger partial charge >= 0.3 is 5.97 Å². The highest BCUT2D eigenvalue weighted by molar-refractivity contribution is 5.85. The maximum Gasteiger partial charge on any atom is 0.310 e. The van der Waals surface area contributed by atoms with Crippen LogP contribution >= 0.6 is 0 Å². The van der Waals surface area contributed by atoms with Crippen LogP contribution in [0.25, 0.3) is 10.9 Å². The molecule has 0 amide bonds. The molecule has 0 aliphatic heterocycles. The van der Waals surface area contributed by atoms with Crippen molar-refractivity contribution >= 4 is 16.9 Å². The van der Waals surface area contributed by atoms with Gasteiger partial charge in [-0.3, -0.25) is 9.48 Å². The molecule has 0 bridgehead atoms. The van der Waals surface area contributed by atoms with Crippen LogP contribution in [0.1, 0.15) is 50.8 Å². The summed E-state index contributed by atoms with van der Waals surface area (Å²) in [6, 6.07) is 6.14. The Labute approximate surface area is 125 Å². The summed E-state index contributed by atoms with van der Waals surface area (Å²) < 4.78 is 7.32. The van der Waals surface area contributed by atoms with Gasteiger partial charge in [0.25, 0.3) is 0 Å². The third-order valence-electron chi connectivity index (χ3n) is 3.68. The molecule has 0 spiro atoms. The number of carbonyl (C=O) groups excluding carboxylic acids is 1. The Morgan fingerprint density at radius 1 is 1.38 bits per heavy atom. The molecule has 1 heterocycles.